The Morgan fingerprint density at radius 2 is 2.00 bits per heavy atom. The van der Waals surface area contributed by atoms with Gasteiger partial charge in [-0.25, -0.2) is 9.97 Å². The van der Waals surface area contributed by atoms with Crippen molar-refractivity contribution in [2.24, 2.45) is 13.0 Å². The van der Waals surface area contributed by atoms with Gasteiger partial charge in [-0.2, -0.15) is 0 Å². The SMILES string of the molecule is CCC[C@H](O)c1cc(C)c(-c2cc3cnc(NC(=O)C4CC4)cc3c3c2ncn3C)cn1. The highest BCUT2D eigenvalue weighted by atomic mass is 16.3. The third-order valence-corrected chi connectivity index (χ3v) is 6.21. The lowest BCUT2D eigenvalue weighted by atomic mass is 9.96. The third-order valence-electron chi connectivity index (χ3n) is 6.21. The average molecular weight is 430 g/mol. The van der Waals surface area contributed by atoms with Gasteiger partial charge < -0.3 is 15.0 Å². The quantitative estimate of drug-likeness (QED) is 0.464. The molecule has 3 aromatic heterocycles. The van der Waals surface area contributed by atoms with Crippen molar-refractivity contribution in [3.63, 3.8) is 0 Å². The number of aliphatic hydroxyl groups excluding tert-OH is 1. The van der Waals surface area contributed by atoms with Crippen molar-refractivity contribution in [3.05, 3.63) is 48.2 Å². The summed E-state index contributed by atoms with van der Waals surface area (Å²) in [5.74, 6) is 0.736. The number of hydrogen-bond acceptors (Lipinski definition) is 5. The predicted octanol–water partition coefficient (Wildman–Crippen LogP) is 4.67. The van der Waals surface area contributed by atoms with Crippen LogP contribution in [0, 0.1) is 12.8 Å². The van der Waals surface area contributed by atoms with Crippen molar-refractivity contribution >= 4 is 33.5 Å². The van der Waals surface area contributed by atoms with Crippen molar-refractivity contribution in [1.29, 1.82) is 0 Å². The van der Waals surface area contributed by atoms with Gasteiger partial charge in [-0.3, -0.25) is 9.78 Å². The first kappa shape index (κ1) is 20.6. The first-order chi connectivity index (χ1) is 15.5. The molecule has 0 bridgehead atoms. The van der Waals surface area contributed by atoms with Crippen LogP contribution in [0.3, 0.4) is 0 Å². The van der Waals surface area contributed by atoms with Crippen LogP contribution in [0.2, 0.25) is 0 Å². The molecule has 7 nitrogen and oxygen atoms in total. The van der Waals surface area contributed by atoms with Crippen LogP contribution < -0.4 is 5.32 Å². The summed E-state index contributed by atoms with van der Waals surface area (Å²) >= 11 is 0. The summed E-state index contributed by atoms with van der Waals surface area (Å²) in [6, 6.07) is 5.97. The van der Waals surface area contributed by atoms with Gasteiger partial charge in [-0.05, 0) is 49.9 Å². The van der Waals surface area contributed by atoms with Crippen LogP contribution in [0.1, 0.15) is 50.0 Å². The Labute approximate surface area is 186 Å². The topological polar surface area (TPSA) is 92.9 Å². The summed E-state index contributed by atoms with van der Waals surface area (Å²) < 4.78 is 2.00. The van der Waals surface area contributed by atoms with Gasteiger partial charge in [-0.15, -0.1) is 0 Å². The van der Waals surface area contributed by atoms with E-state index in [1.165, 1.54) is 0 Å². The molecular weight excluding hydrogens is 402 g/mol. The van der Waals surface area contributed by atoms with Crippen LogP contribution in [0.15, 0.2) is 36.9 Å². The zero-order valence-electron chi connectivity index (χ0n) is 18.6. The normalized spacial score (nSPS) is 14.8. The van der Waals surface area contributed by atoms with E-state index in [4.69, 9.17) is 0 Å². The number of imidazole rings is 1. The molecule has 4 aromatic rings. The van der Waals surface area contributed by atoms with E-state index in [9.17, 15) is 9.90 Å². The lowest BCUT2D eigenvalue weighted by Crippen LogP contribution is -2.14. The number of pyridine rings is 2. The maximum Gasteiger partial charge on any atom is 0.228 e. The molecule has 0 aliphatic heterocycles. The first-order valence-corrected chi connectivity index (χ1v) is 11.2. The van der Waals surface area contributed by atoms with E-state index in [2.05, 4.69) is 26.3 Å². The zero-order valence-corrected chi connectivity index (χ0v) is 18.6. The van der Waals surface area contributed by atoms with Crippen LogP contribution in [-0.4, -0.2) is 30.5 Å². The maximum absolute atomic E-state index is 12.2. The molecule has 164 valence electrons. The van der Waals surface area contributed by atoms with Gasteiger partial charge in [0.25, 0.3) is 0 Å². The van der Waals surface area contributed by atoms with Crippen LogP contribution in [0.4, 0.5) is 5.82 Å². The fourth-order valence-electron chi connectivity index (χ4n) is 4.27. The number of amides is 1. The zero-order chi connectivity index (χ0) is 22.4. The molecule has 1 aromatic carbocycles. The number of rotatable bonds is 6. The molecule has 1 aliphatic rings. The lowest BCUT2D eigenvalue weighted by molar-refractivity contribution is -0.117. The molecule has 0 unspecified atom stereocenters. The predicted molar refractivity (Wildman–Crippen MR) is 125 cm³/mol. The number of fused-ring (bicyclic) bond motifs is 3. The second-order valence-electron chi connectivity index (χ2n) is 8.76. The molecule has 1 atom stereocenters. The highest BCUT2D eigenvalue weighted by Crippen LogP contribution is 2.36. The Hall–Kier alpha value is -3.32. The van der Waals surface area contributed by atoms with Gasteiger partial charge in [0.15, 0.2) is 0 Å². The number of nitrogens with one attached hydrogen (secondary N) is 1. The molecule has 1 aliphatic carbocycles. The van der Waals surface area contributed by atoms with E-state index in [1.54, 1.807) is 12.5 Å². The molecule has 1 fully saturated rings. The van der Waals surface area contributed by atoms with Gasteiger partial charge in [0.1, 0.15) is 5.82 Å². The standard InChI is InChI=1S/C25H27N5O2/c1-4-5-21(31)20-8-14(2)19(12-26-20)18-9-16-11-27-22(29-25(32)15-6-7-15)10-17(16)24-23(18)28-13-30(24)3/h8-13,15,21,31H,4-7H2,1-3H3,(H,27,29,32)/t21-/m0/s1. The molecule has 3 heterocycles. The molecule has 32 heavy (non-hydrogen) atoms. The van der Waals surface area contributed by atoms with E-state index >= 15 is 0 Å². The molecular formula is C25H27N5O2. The number of benzene rings is 1. The number of aryl methyl sites for hydroxylation is 2. The smallest absolute Gasteiger partial charge is 0.228 e. The number of nitrogens with zero attached hydrogens (tertiary/aromatic N) is 4. The van der Waals surface area contributed by atoms with Crippen LogP contribution in [-0.2, 0) is 11.8 Å². The summed E-state index contributed by atoms with van der Waals surface area (Å²) in [4.78, 5) is 25.9. The maximum atomic E-state index is 12.2. The van der Waals surface area contributed by atoms with Gasteiger partial charge >= 0.3 is 0 Å². The third kappa shape index (κ3) is 3.62. The Kier molecular flexibility index (Phi) is 5.13. The molecule has 5 rings (SSSR count). The van der Waals surface area contributed by atoms with E-state index in [0.717, 1.165) is 57.8 Å². The van der Waals surface area contributed by atoms with Gasteiger partial charge in [0, 0.05) is 47.3 Å². The van der Waals surface area contributed by atoms with E-state index in [-0.39, 0.29) is 11.8 Å². The van der Waals surface area contributed by atoms with Crippen LogP contribution >= 0.6 is 0 Å². The number of carbonyl (C=O) groups excluding carboxylic acids is 1. The summed E-state index contributed by atoms with van der Waals surface area (Å²) in [5, 5.41) is 15.2. The number of aromatic nitrogens is 4. The Morgan fingerprint density at radius 1 is 1.19 bits per heavy atom. The lowest BCUT2D eigenvalue weighted by Gasteiger charge is -2.14. The number of hydrogen-bond donors (Lipinski definition) is 2. The fourth-order valence-corrected chi connectivity index (χ4v) is 4.27. The number of aliphatic hydroxyl groups is 1. The monoisotopic (exact) mass is 429 g/mol. The summed E-state index contributed by atoms with van der Waals surface area (Å²) in [6.45, 7) is 4.08. The summed E-state index contributed by atoms with van der Waals surface area (Å²) in [6.07, 6.45) is 8.39. The van der Waals surface area contributed by atoms with Gasteiger partial charge in [-0.1, -0.05) is 13.3 Å². The minimum absolute atomic E-state index is 0.0433. The van der Waals surface area contributed by atoms with E-state index in [0.29, 0.717) is 17.9 Å². The average Bonchev–Trinajstić information content (AvgIpc) is 3.56. The molecule has 0 saturated heterocycles. The molecule has 7 heteroatoms. The summed E-state index contributed by atoms with van der Waals surface area (Å²) in [5.41, 5.74) is 5.55. The van der Waals surface area contributed by atoms with Crippen LogP contribution in [0.25, 0.3) is 32.9 Å². The summed E-state index contributed by atoms with van der Waals surface area (Å²) in [7, 11) is 1.97. The van der Waals surface area contributed by atoms with Crippen molar-refractivity contribution in [1.82, 2.24) is 19.5 Å². The Balaban J connectivity index is 1.62. The first-order valence-electron chi connectivity index (χ1n) is 11.2. The fraction of sp³-hybridized carbons (Fsp3) is 0.360. The minimum Gasteiger partial charge on any atom is -0.387 e. The Morgan fingerprint density at radius 3 is 2.72 bits per heavy atom. The van der Waals surface area contributed by atoms with Crippen molar-refractivity contribution in [3.8, 4) is 11.1 Å². The molecule has 2 N–H and O–H groups in total. The second-order valence-corrected chi connectivity index (χ2v) is 8.76. The minimum atomic E-state index is -0.548. The van der Waals surface area contributed by atoms with Crippen molar-refractivity contribution in [2.45, 2.75) is 45.6 Å². The highest BCUT2D eigenvalue weighted by Gasteiger charge is 2.30. The highest BCUT2D eigenvalue weighted by molar-refractivity contribution is 6.12. The van der Waals surface area contributed by atoms with E-state index < -0.39 is 6.10 Å². The van der Waals surface area contributed by atoms with Gasteiger partial charge in [0.2, 0.25) is 5.91 Å². The molecule has 1 amide bonds. The number of anilines is 1. The van der Waals surface area contributed by atoms with Crippen LogP contribution in [0.5, 0.6) is 0 Å². The molecule has 0 radical (unpaired) electrons. The number of carbonyl (C=O) groups is 1. The van der Waals surface area contributed by atoms with Crippen molar-refractivity contribution in [2.75, 3.05) is 5.32 Å². The Bertz CT molecular complexity index is 1340. The van der Waals surface area contributed by atoms with Crippen molar-refractivity contribution < 1.29 is 9.90 Å². The molecule has 0 spiro atoms. The second kappa shape index (κ2) is 7.98. The van der Waals surface area contributed by atoms with E-state index in [1.807, 2.05) is 43.8 Å². The largest absolute Gasteiger partial charge is 0.387 e. The van der Waals surface area contributed by atoms with Gasteiger partial charge in [0.05, 0.1) is 29.2 Å². The molecule has 1 saturated carbocycles.